The van der Waals surface area contributed by atoms with E-state index >= 15 is 0 Å². The summed E-state index contributed by atoms with van der Waals surface area (Å²) >= 11 is 0. The summed E-state index contributed by atoms with van der Waals surface area (Å²) < 4.78 is 10.8. The maximum absolute atomic E-state index is 5.85. The SMILES string of the molecule is COc1cc(C2(CN)CC2)cc2ccoc12. The smallest absolute Gasteiger partial charge is 0.175 e. The number of hydrogen-bond acceptors (Lipinski definition) is 3. The van der Waals surface area contributed by atoms with Crippen molar-refractivity contribution in [3.63, 3.8) is 0 Å². The van der Waals surface area contributed by atoms with Crippen molar-refractivity contribution in [2.75, 3.05) is 13.7 Å². The molecule has 1 aromatic carbocycles. The molecule has 1 heterocycles. The van der Waals surface area contributed by atoms with Gasteiger partial charge in [-0.25, -0.2) is 0 Å². The number of nitrogens with two attached hydrogens (primary N) is 1. The molecule has 3 heteroatoms. The molecule has 1 aromatic heterocycles. The first-order chi connectivity index (χ1) is 7.79. The van der Waals surface area contributed by atoms with Crippen molar-refractivity contribution < 1.29 is 9.15 Å². The highest BCUT2D eigenvalue weighted by atomic mass is 16.5. The predicted molar refractivity (Wildman–Crippen MR) is 62.7 cm³/mol. The lowest BCUT2D eigenvalue weighted by atomic mass is 9.95. The molecular weight excluding hydrogens is 202 g/mol. The second-order valence-corrected chi connectivity index (χ2v) is 4.50. The van der Waals surface area contributed by atoms with Crippen molar-refractivity contribution in [2.24, 2.45) is 5.73 Å². The molecule has 0 unspecified atom stereocenters. The summed E-state index contributed by atoms with van der Waals surface area (Å²) in [5, 5.41) is 1.09. The molecule has 2 aromatic rings. The summed E-state index contributed by atoms with van der Waals surface area (Å²) in [6.07, 6.45) is 4.05. The topological polar surface area (TPSA) is 48.4 Å². The minimum atomic E-state index is 0.193. The average molecular weight is 217 g/mol. The Morgan fingerprint density at radius 3 is 2.88 bits per heavy atom. The molecule has 0 radical (unpaired) electrons. The zero-order chi connectivity index (χ0) is 11.2. The molecule has 0 bridgehead atoms. The van der Waals surface area contributed by atoms with Gasteiger partial charge in [-0.15, -0.1) is 0 Å². The highest BCUT2D eigenvalue weighted by Gasteiger charge is 2.43. The number of ether oxygens (including phenoxy) is 1. The summed E-state index contributed by atoms with van der Waals surface area (Å²) in [6, 6.07) is 6.20. The molecule has 0 amide bonds. The van der Waals surface area contributed by atoms with Crippen molar-refractivity contribution in [3.8, 4) is 5.75 Å². The van der Waals surface area contributed by atoms with Gasteiger partial charge in [-0.2, -0.15) is 0 Å². The van der Waals surface area contributed by atoms with Gasteiger partial charge in [0.2, 0.25) is 0 Å². The van der Waals surface area contributed by atoms with Crippen LogP contribution in [0.2, 0.25) is 0 Å². The molecule has 0 saturated heterocycles. The second kappa shape index (κ2) is 3.25. The number of furan rings is 1. The number of hydrogen-bond donors (Lipinski definition) is 1. The Morgan fingerprint density at radius 2 is 2.25 bits per heavy atom. The first kappa shape index (κ1) is 9.73. The Bertz CT molecular complexity index is 526. The average Bonchev–Trinajstić information content (AvgIpc) is 2.99. The molecule has 84 valence electrons. The summed E-state index contributed by atoms with van der Waals surface area (Å²) in [4.78, 5) is 0. The number of methoxy groups -OCH3 is 1. The first-order valence-corrected chi connectivity index (χ1v) is 5.55. The van der Waals surface area contributed by atoms with Crippen molar-refractivity contribution in [1.29, 1.82) is 0 Å². The number of rotatable bonds is 3. The maximum Gasteiger partial charge on any atom is 0.175 e. The van der Waals surface area contributed by atoms with Crippen LogP contribution in [-0.4, -0.2) is 13.7 Å². The van der Waals surface area contributed by atoms with Crippen molar-refractivity contribution in [2.45, 2.75) is 18.3 Å². The Morgan fingerprint density at radius 1 is 1.44 bits per heavy atom. The lowest BCUT2D eigenvalue weighted by Gasteiger charge is -2.14. The molecule has 3 nitrogen and oxygen atoms in total. The van der Waals surface area contributed by atoms with E-state index in [0.717, 1.165) is 16.7 Å². The molecule has 1 aliphatic rings. The molecule has 16 heavy (non-hydrogen) atoms. The van der Waals surface area contributed by atoms with E-state index in [1.807, 2.05) is 6.07 Å². The summed E-state index contributed by atoms with van der Waals surface area (Å²) in [7, 11) is 1.67. The summed E-state index contributed by atoms with van der Waals surface area (Å²) in [6.45, 7) is 0.708. The van der Waals surface area contributed by atoms with Gasteiger partial charge in [0, 0.05) is 17.3 Å². The lowest BCUT2D eigenvalue weighted by Crippen LogP contribution is -2.19. The molecule has 3 rings (SSSR count). The quantitative estimate of drug-likeness (QED) is 0.859. The largest absolute Gasteiger partial charge is 0.493 e. The fourth-order valence-electron chi connectivity index (χ4n) is 2.27. The summed E-state index contributed by atoms with van der Waals surface area (Å²) in [5.41, 5.74) is 8.14. The van der Waals surface area contributed by atoms with Gasteiger partial charge in [-0.05, 0) is 36.6 Å². The van der Waals surface area contributed by atoms with Crippen LogP contribution in [0.25, 0.3) is 11.0 Å². The van der Waals surface area contributed by atoms with Crippen molar-refractivity contribution in [1.82, 2.24) is 0 Å². The predicted octanol–water partition coefficient (Wildman–Crippen LogP) is 2.43. The van der Waals surface area contributed by atoms with Gasteiger partial charge >= 0.3 is 0 Å². The third-order valence-corrected chi connectivity index (χ3v) is 3.59. The molecule has 0 atom stereocenters. The number of benzene rings is 1. The fraction of sp³-hybridized carbons (Fsp3) is 0.385. The second-order valence-electron chi connectivity index (χ2n) is 4.50. The van der Waals surface area contributed by atoms with E-state index in [1.54, 1.807) is 13.4 Å². The fourth-order valence-corrected chi connectivity index (χ4v) is 2.27. The minimum absolute atomic E-state index is 0.193. The van der Waals surface area contributed by atoms with E-state index in [9.17, 15) is 0 Å². The normalized spacial score (nSPS) is 17.6. The molecule has 1 aliphatic carbocycles. The molecule has 2 N–H and O–H groups in total. The third-order valence-electron chi connectivity index (χ3n) is 3.59. The standard InChI is InChI=1S/C13H15NO2/c1-15-11-7-10(13(8-14)3-4-13)6-9-2-5-16-12(9)11/h2,5-7H,3-4,8,14H2,1H3. The van der Waals surface area contributed by atoms with E-state index in [2.05, 4.69) is 12.1 Å². The van der Waals surface area contributed by atoms with E-state index in [1.165, 1.54) is 18.4 Å². The molecule has 0 spiro atoms. The van der Waals surface area contributed by atoms with E-state index in [4.69, 9.17) is 14.9 Å². The Kier molecular flexibility index (Phi) is 1.98. The van der Waals surface area contributed by atoms with Gasteiger partial charge in [0.05, 0.1) is 13.4 Å². The molecule has 1 saturated carbocycles. The van der Waals surface area contributed by atoms with E-state index < -0.39 is 0 Å². The highest BCUT2D eigenvalue weighted by Crippen LogP contribution is 2.49. The van der Waals surface area contributed by atoms with Crippen LogP contribution in [0.3, 0.4) is 0 Å². The molecule has 0 aliphatic heterocycles. The monoisotopic (exact) mass is 217 g/mol. The van der Waals surface area contributed by atoms with Crippen LogP contribution in [0, 0.1) is 0 Å². The Labute approximate surface area is 94.2 Å². The Balaban J connectivity index is 2.19. The van der Waals surface area contributed by atoms with Crippen molar-refractivity contribution in [3.05, 3.63) is 30.0 Å². The van der Waals surface area contributed by atoms with Crippen LogP contribution in [0.4, 0.5) is 0 Å². The maximum atomic E-state index is 5.85. The first-order valence-electron chi connectivity index (χ1n) is 5.55. The van der Waals surface area contributed by atoms with Crippen LogP contribution in [0.5, 0.6) is 5.75 Å². The van der Waals surface area contributed by atoms with Crippen LogP contribution in [0.15, 0.2) is 28.9 Å². The van der Waals surface area contributed by atoms with Crippen LogP contribution in [-0.2, 0) is 5.41 Å². The molecule has 1 fully saturated rings. The lowest BCUT2D eigenvalue weighted by molar-refractivity contribution is 0.409. The van der Waals surface area contributed by atoms with Gasteiger partial charge in [0.1, 0.15) is 0 Å². The van der Waals surface area contributed by atoms with E-state index in [-0.39, 0.29) is 5.41 Å². The zero-order valence-electron chi connectivity index (χ0n) is 9.32. The van der Waals surface area contributed by atoms with Crippen LogP contribution >= 0.6 is 0 Å². The van der Waals surface area contributed by atoms with Gasteiger partial charge in [0.15, 0.2) is 11.3 Å². The van der Waals surface area contributed by atoms with Gasteiger partial charge in [0.25, 0.3) is 0 Å². The third kappa shape index (κ3) is 1.25. The van der Waals surface area contributed by atoms with Gasteiger partial charge in [-0.1, -0.05) is 0 Å². The van der Waals surface area contributed by atoms with Crippen molar-refractivity contribution >= 4 is 11.0 Å². The van der Waals surface area contributed by atoms with Gasteiger partial charge in [-0.3, -0.25) is 0 Å². The Hall–Kier alpha value is -1.48. The summed E-state index contributed by atoms with van der Waals surface area (Å²) in [5.74, 6) is 0.803. The van der Waals surface area contributed by atoms with Crippen LogP contribution in [0.1, 0.15) is 18.4 Å². The highest BCUT2D eigenvalue weighted by molar-refractivity contribution is 5.84. The van der Waals surface area contributed by atoms with Gasteiger partial charge < -0.3 is 14.9 Å². The zero-order valence-corrected chi connectivity index (χ0v) is 9.32. The molecular formula is C13H15NO2. The van der Waals surface area contributed by atoms with E-state index in [0.29, 0.717) is 6.54 Å². The minimum Gasteiger partial charge on any atom is -0.493 e. The van der Waals surface area contributed by atoms with Crippen LogP contribution < -0.4 is 10.5 Å². The number of fused-ring (bicyclic) bond motifs is 1.